The molecule has 0 bridgehead atoms. The predicted octanol–water partition coefficient (Wildman–Crippen LogP) is 1.17. The Balaban J connectivity index is 2.07. The third kappa shape index (κ3) is 1.92. The van der Waals surface area contributed by atoms with Crippen molar-refractivity contribution < 1.29 is 9.32 Å². The zero-order chi connectivity index (χ0) is 9.97. The van der Waals surface area contributed by atoms with Gasteiger partial charge in [-0.1, -0.05) is 5.16 Å². The van der Waals surface area contributed by atoms with Crippen molar-refractivity contribution in [1.29, 1.82) is 0 Å². The largest absolute Gasteiger partial charge is 0.361 e. The Morgan fingerprint density at radius 3 is 2.86 bits per heavy atom. The number of aryl methyl sites for hydroxylation is 1. The molecule has 1 aliphatic rings. The van der Waals surface area contributed by atoms with Gasteiger partial charge in [0.25, 0.3) is 5.91 Å². The first-order valence-corrected chi connectivity index (χ1v) is 5.73. The van der Waals surface area contributed by atoms with Gasteiger partial charge in [-0.05, 0) is 6.92 Å². The number of hydrogen-bond donors (Lipinski definition) is 0. The fourth-order valence-electron chi connectivity index (χ4n) is 1.40. The smallest absolute Gasteiger partial charge is 0.276 e. The number of amides is 1. The van der Waals surface area contributed by atoms with Gasteiger partial charge >= 0.3 is 0 Å². The van der Waals surface area contributed by atoms with Crippen LogP contribution in [0.5, 0.6) is 0 Å². The van der Waals surface area contributed by atoms with E-state index in [1.807, 2.05) is 16.7 Å². The molecule has 0 aromatic carbocycles. The van der Waals surface area contributed by atoms with E-state index in [1.165, 1.54) is 0 Å². The molecule has 1 saturated heterocycles. The van der Waals surface area contributed by atoms with Crippen molar-refractivity contribution in [2.24, 2.45) is 0 Å². The maximum absolute atomic E-state index is 11.8. The first-order chi connectivity index (χ1) is 6.77. The van der Waals surface area contributed by atoms with Crippen LogP contribution < -0.4 is 0 Å². The predicted molar refractivity (Wildman–Crippen MR) is 54.5 cm³/mol. The molecule has 0 atom stereocenters. The van der Waals surface area contributed by atoms with Crippen LogP contribution in [0.2, 0.25) is 0 Å². The molecule has 0 radical (unpaired) electrons. The first-order valence-electron chi connectivity index (χ1n) is 4.58. The van der Waals surface area contributed by atoms with Gasteiger partial charge in [0.1, 0.15) is 5.76 Å². The molecule has 0 unspecified atom stereocenters. The summed E-state index contributed by atoms with van der Waals surface area (Å²) in [7, 11) is 0. The van der Waals surface area contributed by atoms with Gasteiger partial charge in [0.2, 0.25) is 0 Å². The molecule has 0 N–H and O–H groups in total. The summed E-state index contributed by atoms with van der Waals surface area (Å²) in [5, 5.41) is 3.72. The third-order valence-electron chi connectivity index (χ3n) is 2.15. The molecule has 14 heavy (non-hydrogen) atoms. The van der Waals surface area contributed by atoms with Crippen molar-refractivity contribution in [2.45, 2.75) is 6.92 Å². The molecule has 1 aliphatic heterocycles. The minimum absolute atomic E-state index is 0.0119. The van der Waals surface area contributed by atoms with Crippen LogP contribution in [0.4, 0.5) is 0 Å². The SMILES string of the molecule is Cc1cc(C(=O)N2CCSCC2)no1. The van der Waals surface area contributed by atoms with E-state index >= 15 is 0 Å². The zero-order valence-corrected chi connectivity index (χ0v) is 8.84. The van der Waals surface area contributed by atoms with Crippen molar-refractivity contribution in [3.63, 3.8) is 0 Å². The number of aromatic nitrogens is 1. The molecule has 2 heterocycles. The summed E-state index contributed by atoms with van der Waals surface area (Å²) in [6, 6.07) is 1.68. The number of hydrogen-bond acceptors (Lipinski definition) is 4. The molecular weight excluding hydrogens is 200 g/mol. The van der Waals surface area contributed by atoms with Gasteiger partial charge in [0, 0.05) is 30.7 Å². The Bertz CT molecular complexity index is 331. The molecule has 0 aliphatic carbocycles. The van der Waals surface area contributed by atoms with E-state index in [9.17, 15) is 4.79 Å². The summed E-state index contributed by atoms with van der Waals surface area (Å²) in [5.41, 5.74) is 0.425. The number of carbonyl (C=O) groups excluding carboxylic acids is 1. The van der Waals surface area contributed by atoms with Crippen LogP contribution in [0.25, 0.3) is 0 Å². The molecule has 1 amide bonds. The van der Waals surface area contributed by atoms with Crippen LogP contribution in [-0.2, 0) is 0 Å². The number of nitrogens with zero attached hydrogens (tertiary/aromatic N) is 2. The fourth-order valence-corrected chi connectivity index (χ4v) is 2.30. The number of carbonyl (C=O) groups is 1. The van der Waals surface area contributed by atoms with Crippen molar-refractivity contribution >= 4 is 17.7 Å². The van der Waals surface area contributed by atoms with Crippen LogP contribution in [-0.4, -0.2) is 40.6 Å². The number of rotatable bonds is 1. The van der Waals surface area contributed by atoms with Gasteiger partial charge < -0.3 is 9.42 Å². The Morgan fingerprint density at radius 2 is 2.29 bits per heavy atom. The summed E-state index contributed by atoms with van der Waals surface area (Å²) in [4.78, 5) is 13.6. The first kappa shape index (κ1) is 9.58. The highest BCUT2D eigenvalue weighted by atomic mass is 32.2. The van der Waals surface area contributed by atoms with Crippen LogP contribution >= 0.6 is 11.8 Å². The lowest BCUT2D eigenvalue weighted by molar-refractivity contribution is 0.0762. The maximum Gasteiger partial charge on any atom is 0.276 e. The fraction of sp³-hybridized carbons (Fsp3) is 0.556. The van der Waals surface area contributed by atoms with Gasteiger partial charge in [-0.25, -0.2) is 0 Å². The lowest BCUT2D eigenvalue weighted by atomic mass is 10.3. The normalized spacial score (nSPS) is 17.1. The quantitative estimate of drug-likeness (QED) is 0.701. The maximum atomic E-state index is 11.8. The van der Waals surface area contributed by atoms with E-state index in [0.717, 1.165) is 24.6 Å². The Kier molecular flexibility index (Phi) is 2.77. The van der Waals surface area contributed by atoms with E-state index in [0.29, 0.717) is 11.5 Å². The van der Waals surface area contributed by atoms with Crippen LogP contribution in [0.1, 0.15) is 16.2 Å². The second kappa shape index (κ2) is 4.04. The summed E-state index contributed by atoms with van der Waals surface area (Å²) in [6.07, 6.45) is 0. The van der Waals surface area contributed by atoms with Gasteiger partial charge in [0.05, 0.1) is 0 Å². The standard InChI is InChI=1S/C9H12N2O2S/c1-7-6-8(10-13-7)9(12)11-2-4-14-5-3-11/h6H,2-5H2,1H3. The second-order valence-electron chi connectivity index (χ2n) is 3.23. The molecule has 1 fully saturated rings. The van der Waals surface area contributed by atoms with Crippen LogP contribution in [0.15, 0.2) is 10.6 Å². The molecule has 2 rings (SSSR count). The Morgan fingerprint density at radius 1 is 1.57 bits per heavy atom. The summed E-state index contributed by atoms with van der Waals surface area (Å²) < 4.78 is 4.87. The van der Waals surface area contributed by atoms with E-state index in [-0.39, 0.29) is 5.91 Å². The lowest BCUT2D eigenvalue weighted by Gasteiger charge is -2.25. The Labute approximate surface area is 86.6 Å². The molecule has 76 valence electrons. The number of thioether (sulfide) groups is 1. The monoisotopic (exact) mass is 212 g/mol. The van der Waals surface area contributed by atoms with Gasteiger partial charge in [-0.2, -0.15) is 11.8 Å². The molecular formula is C9H12N2O2S. The highest BCUT2D eigenvalue weighted by Crippen LogP contribution is 2.12. The van der Waals surface area contributed by atoms with Crippen molar-refractivity contribution in [3.05, 3.63) is 17.5 Å². The topological polar surface area (TPSA) is 46.3 Å². The van der Waals surface area contributed by atoms with Gasteiger partial charge in [-0.15, -0.1) is 0 Å². The molecule has 0 spiro atoms. The molecule has 4 nitrogen and oxygen atoms in total. The van der Waals surface area contributed by atoms with Crippen LogP contribution in [0.3, 0.4) is 0 Å². The second-order valence-corrected chi connectivity index (χ2v) is 4.45. The zero-order valence-electron chi connectivity index (χ0n) is 8.02. The summed E-state index contributed by atoms with van der Waals surface area (Å²) in [5.74, 6) is 2.70. The minimum atomic E-state index is -0.0119. The molecule has 1 aromatic heterocycles. The van der Waals surface area contributed by atoms with Gasteiger partial charge in [-0.3, -0.25) is 4.79 Å². The van der Waals surface area contributed by atoms with E-state index in [1.54, 1.807) is 13.0 Å². The van der Waals surface area contributed by atoms with E-state index in [2.05, 4.69) is 5.16 Å². The minimum Gasteiger partial charge on any atom is -0.361 e. The molecule has 5 heteroatoms. The average Bonchev–Trinajstić information content (AvgIpc) is 2.65. The van der Waals surface area contributed by atoms with Crippen molar-refractivity contribution in [3.8, 4) is 0 Å². The average molecular weight is 212 g/mol. The van der Waals surface area contributed by atoms with Crippen molar-refractivity contribution in [1.82, 2.24) is 10.1 Å². The molecule has 1 aromatic rings. The highest BCUT2D eigenvalue weighted by molar-refractivity contribution is 7.99. The van der Waals surface area contributed by atoms with Crippen molar-refractivity contribution in [2.75, 3.05) is 24.6 Å². The summed E-state index contributed by atoms with van der Waals surface area (Å²) >= 11 is 1.88. The molecule has 0 saturated carbocycles. The highest BCUT2D eigenvalue weighted by Gasteiger charge is 2.20. The van der Waals surface area contributed by atoms with E-state index in [4.69, 9.17) is 4.52 Å². The van der Waals surface area contributed by atoms with E-state index < -0.39 is 0 Å². The third-order valence-corrected chi connectivity index (χ3v) is 3.09. The van der Waals surface area contributed by atoms with Crippen LogP contribution in [0, 0.1) is 6.92 Å². The lowest BCUT2D eigenvalue weighted by Crippen LogP contribution is -2.38. The Hall–Kier alpha value is -0.970. The van der Waals surface area contributed by atoms with Gasteiger partial charge in [0.15, 0.2) is 5.69 Å². The summed E-state index contributed by atoms with van der Waals surface area (Å²) in [6.45, 7) is 3.42.